The molecule has 156 valence electrons. The van der Waals surface area contributed by atoms with E-state index in [4.69, 9.17) is 12.2 Å². The van der Waals surface area contributed by atoms with Gasteiger partial charge in [-0.15, -0.1) is 0 Å². The van der Waals surface area contributed by atoms with Gasteiger partial charge >= 0.3 is 0 Å². The Kier molecular flexibility index (Phi) is 8.54. The lowest BCUT2D eigenvalue weighted by Gasteiger charge is -2.30. The van der Waals surface area contributed by atoms with Gasteiger partial charge in [-0.25, -0.2) is 0 Å². The van der Waals surface area contributed by atoms with Crippen LogP contribution >= 0.6 is 12.2 Å². The molecular formula is C26H36N2S. The zero-order chi connectivity index (χ0) is 20.5. The molecular weight excluding hydrogens is 372 g/mol. The highest BCUT2D eigenvalue weighted by molar-refractivity contribution is 7.80. The molecule has 0 bridgehead atoms. The number of hydrogen-bond donors (Lipinski definition) is 1. The second kappa shape index (κ2) is 11.3. The summed E-state index contributed by atoms with van der Waals surface area (Å²) in [5.41, 5.74) is 4.00. The van der Waals surface area contributed by atoms with E-state index < -0.39 is 0 Å². The van der Waals surface area contributed by atoms with Gasteiger partial charge in [0.2, 0.25) is 0 Å². The molecule has 2 aromatic carbocycles. The minimum atomic E-state index is 0.518. The van der Waals surface area contributed by atoms with Gasteiger partial charge in [0.05, 0.1) is 0 Å². The van der Waals surface area contributed by atoms with Crippen LogP contribution in [0.15, 0.2) is 54.6 Å². The Labute approximate surface area is 182 Å². The predicted molar refractivity (Wildman–Crippen MR) is 128 cm³/mol. The molecule has 0 spiro atoms. The van der Waals surface area contributed by atoms with Gasteiger partial charge in [0.15, 0.2) is 5.11 Å². The molecule has 0 aliphatic heterocycles. The molecule has 3 rings (SSSR count). The summed E-state index contributed by atoms with van der Waals surface area (Å²) in [6.07, 6.45) is 9.22. The zero-order valence-electron chi connectivity index (χ0n) is 18.1. The van der Waals surface area contributed by atoms with Crippen LogP contribution in [0.1, 0.15) is 81.4 Å². The molecule has 0 atom stereocenters. The maximum absolute atomic E-state index is 5.91. The smallest absolute Gasteiger partial charge is 0.169 e. The number of thiocarbonyl (C=S) groups is 1. The van der Waals surface area contributed by atoms with Crippen LogP contribution in [0, 0.1) is 0 Å². The minimum absolute atomic E-state index is 0.518. The third-order valence-corrected chi connectivity index (χ3v) is 6.33. The molecule has 29 heavy (non-hydrogen) atoms. The Morgan fingerprint density at radius 1 is 0.862 bits per heavy atom. The lowest BCUT2D eigenvalue weighted by molar-refractivity contribution is 0.370. The normalized spacial score (nSPS) is 15.6. The first kappa shape index (κ1) is 21.8. The van der Waals surface area contributed by atoms with Crippen LogP contribution in [0.4, 0.5) is 0 Å². The first-order chi connectivity index (χ1) is 14.1. The zero-order valence-corrected chi connectivity index (χ0v) is 18.9. The molecule has 1 saturated carbocycles. The molecule has 1 aliphatic rings. The standard InChI is InChI=1S/C26H36N2S/c1-21(2)24-17-15-23(16-18-24)20-28(19-22-11-7-6-8-12-22)26(29)27-25-13-9-4-3-5-10-14-25/h6-8,11-12,15-18,21,25H,3-5,9-10,13-14,19-20H2,1-2H3,(H,27,29). The molecule has 0 aromatic heterocycles. The van der Waals surface area contributed by atoms with E-state index in [9.17, 15) is 0 Å². The molecule has 0 radical (unpaired) electrons. The monoisotopic (exact) mass is 408 g/mol. The number of nitrogens with zero attached hydrogens (tertiary/aromatic N) is 1. The SMILES string of the molecule is CC(C)c1ccc(CN(Cc2ccccc2)C(=S)NC2CCCCCCC2)cc1. The van der Waals surface area contributed by atoms with Gasteiger partial charge in [0.1, 0.15) is 0 Å². The summed E-state index contributed by atoms with van der Waals surface area (Å²) in [4.78, 5) is 2.33. The van der Waals surface area contributed by atoms with Gasteiger partial charge < -0.3 is 10.2 Å². The van der Waals surface area contributed by atoms with Crippen LogP contribution in [0.25, 0.3) is 0 Å². The van der Waals surface area contributed by atoms with E-state index in [0.29, 0.717) is 12.0 Å². The molecule has 0 unspecified atom stereocenters. The summed E-state index contributed by atoms with van der Waals surface area (Å²) in [7, 11) is 0. The van der Waals surface area contributed by atoms with E-state index in [0.717, 1.165) is 18.2 Å². The van der Waals surface area contributed by atoms with Crippen molar-refractivity contribution in [2.24, 2.45) is 0 Å². The number of nitrogens with one attached hydrogen (secondary N) is 1. The quantitative estimate of drug-likeness (QED) is 0.529. The molecule has 3 heteroatoms. The average molecular weight is 409 g/mol. The van der Waals surface area contributed by atoms with Crippen molar-refractivity contribution in [3.05, 3.63) is 71.3 Å². The first-order valence-corrected chi connectivity index (χ1v) is 11.7. The van der Waals surface area contributed by atoms with Gasteiger partial charge in [0.25, 0.3) is 0 Å². The van der Waals surface area contributed by atoms with E-state index in [1.807, 2.05) is 0 Å². The molecule has 2 aromatic rings. The Hall–Kier alpha value is -1.87. The van der Waals surface area contributed by atoms with Crippen LogP contribution in [0.2, 0.25) is 0 Å². The van der Waals surface area contributed by atoms with Crippen LogP contribution in [0.5, 0.6) is 0 Å². The second-order valence-electron chi connectivity index (χ2n) is 8.73. The lowest BCUT2D eigenvalue weighted by Crippen LogP contribution is -2.44. The summed E-state index contributed by atoms with van der Waals surface area (Å²) in [6, 6.07) is 20.2. The van der Waals surface area contributed by atoms with E-state index in [-0.39, 0.29) is 0 Å². The van der Waals surface area contributed by atoms with Crippen LogP contribution < -0.4 is 5.32 Å². The molecule has 0 saturated heterocycles. The largest absolute Gasteiger partial charge is 0.360 e. The van der Waals surface area contributed by atoms with E-state index in [2.05, 4.69) is 78.7 Å². The van der Waals surface area contributed by atoms with Gasteiger partial charge in [-0.1, -0.05) is 101 Å². The molecule has 0 amide bonds. The summed E-state index contributed by atoms with van der Waals surface area (Å²) in [5, 5.41) is 4.61. The molecule has 0 heterocycles. The Morgan fingerprint density at radius 3 is 2.00 bits per heavy atom. The summed E-state index contributed by atoms with van der Waals surface area (Å²) in [5.74, 6) is 0.562. The van der Waals surface area contributed by atoms with Crippen molar-refractivity contribution in [3.8, 4) is 0 Å². The maximum atomic E-state index is 5.91. The summed E-state index contributed by atoms with van der Waals surface area (Å²) < 4.78 is 0. The number of rotatable bonds is 6. The highest BCUT2D eigenvalue weighted by Crippen LogP contribution is 2.19. The lowest BCUT2D eigenvalue weighted by atomic mass is 9.97. The van der Waals surface area contributed by atoms with Crippen LogP contribution in [-0.2, 0) is 13.1 Å². The Bertz CT molecular complexity index is 731. The maximum Gasteiger partial charge on any atom is 0.169 e. The fourth-order valence-corrected chi connectivity index (χ4v) is 4.39. The van der Waals surface area contributed by atoms with Gasteiger partial charge in [-0.3, -0.25) is 0 Å². The van der Waals surface area contributed by atoms with Crippen molar-refractivity contribution in [1.82, 2.24) is 10.2 Å². The highest BCUT2D eigenvalue weighted by atomic mass is 32.1. The van der Waals surface area contributed by atoms with Crippen molar-refractivity contribution in [2.75, 3.05) is 0 Å². The van der Waals surface area contributed by atoms with Crippen LogP contribution in [-0.4, -0.2) is 16.1 Å². The van der Waals surface area contributed by atoms with E-state index in [1.165, 1.54) is 61.6 Å². The highest BCUT2D eigenvalue weighted by Gasteiger charge is 2.17. The Morgan fingerprint density at radius 2 is 1.41 bits per heavy atom. The van der Waals surface area contributed by atoms with Crippen molar-refractivity contribution in [1.29, 1.82) is 0 Å². The molecule has 1 fully saturated rings. The fraction of sp³-hybridized carbons (Fsp3) is 0.500. The number of hydrogen-bond acceptors (Lipinski definition) is 1. The van der Waals surface area contributed by atoms with Gasteiger partial charge in [-0.2, -0.15) is 0 Å². The predicted octanol–water partition coefficient (Wildman–Crippen LogP) is 6.80. The van der Waals surface area contributed by atoms with Gasteiger partial charge in [-0.05, 0) is 47.7 Å². The van der Waals surface area contributed by atoms with Crippen LogP contribution in [0.3, 0.4) is 0 Å². The number of benzene rings is 2. The topological polar surface area (TPSA) is 15.3 Å². The molecule has 1 N–H and O–H groups in total. The van der Waals surface area contributed by atoms with Crippen molar-refractivity contribution < 1.29 is 0 Å². The summed E-state index contributed by atoms with van der Waals surface area (Å²) >= 11 is 5.91. The second-order valence-corrected chi connectivity index (χ2v) is 9.12. The third-order valence-electron chi connectivity index (χ3n) is 5.96. The van der Waals surface area contributed by atoms with Crippen molar-refractivity contribution in [3.63, 3.8) is 0 Å². The average Bonchev–Trinajstić information content (AvgIpc) is 2.70. The molecule has 2 nitrogen and oxygen atoms in total. The van der Waals surface area contributed by atoms with Gasteiger partial charge in [0, 0.05) is 19.1 Å². The first-order valence-electron chi connectivity index (χ1n) is 11.3. The third kappa shape index (κ3) is 7.15. The van der Waals surface area contributed by atoms with Crippen molar-refractivity contribution >= 4 is 17.3 Å². The van der Waals surface area contributed by atoms with Crippen molar-refractivity contribution in [2.45, 2.75) is 83.8 Å². The van der Waals surface area contributed by atoms with E-state index >= 15 is 0 Å². The van der Waals surface area contributed by atoms with E-state index in [1.54, 1.807) is 0 Å². The summed E-state index contributed by atoms with van der Waals surface area (Å²) in [6.45, 7) is 6.16. The minimum Gasteiger partial charge on any atom is -0.360 e. The molecule has 1 aliphatic carbocycles. The Balaban J connectivity index is 1.70. The fourth-order valence-electron chi connectivity index (χ4n) is 4.10.